The van der Waals surface area contributed by atoms with Gasteiger partial charge < -0.3 is 5.32 Å². The molecular weight excluding hydrogens is 271 g/mol. The molecule has 1 heterocycles. The standard InChI is InChI=1S/C16H13FN2S/c1-10-13(17)6-11(8-18)7-14(10)19-15-9-20-16-5-3-2-4-12(15)16/h2-7,15,19H,9H2,1H3. The quantitative estimate of drug-likeness (QED) is 0.894. The summed E-state index contributed by atoms with van der Waals surface area (Å²) >= 11 is 1.79. The molecule has 0 saturated carbocycles. The fourth-order valence-electron chi connectivity index (χ4n) is 2.36. The van der Waals surface area contributed by atoms with Gasteiger partial charge in [0.05, 0.1) is 17.7 Å². The van der Waals surface area contributed by atoms with Crippen LogP contribution in [0.2, 0.25) is 0 Å². The molecule has 0 saturated heterocycles. The van der Waals surface area contributed by atoms with Crippen LogP contribution < -0.4 is 5.32 Å². The molecule has 0 fully saturated rings. The molecule has 4 heteroatoms. The molecule has 0 amide bonds. The van der Waals surface area contributed by atoms with Crippen molar-refractivity contribution in [2.75, 3.05) is 11.1 Å². The van der Waals surface area contributed by atoms with Crippen LogP contribution in [-0.2, 0) is 0 Å². The summed E-state index contributed by atoms with van der Waals surface area (Å²) in [4.78, 5) is 1.26. The lowest BCUT2D eigenvalue weighted by molar-refractivity contribution is 0.618. The van der Waals surface area contributed by atoms with Gasteiger partial charge in [0.25, 0.3) is 0 Å². The monoisotopic (exact) mass is 284 g/mol. The Morgan fingerprint density at radius 3 is 2.95 bits per heavy atom. The van der Waals surface area contributed by atoms with Gasteiger partial charge in [-0.25, -0.2) is 4.39 Å². The first-order valence-corrected chi connectivity index (χ1v) is 7.36. The third-order valence-corrected chi connectivity index (χ3v) is 4.69. The molecule has 2 aromatic rings. The lowest BCUT2D eigenvalue weighted by Crippen LogP contribution is -2.11. The van der Waals surface area contributed by atoms with Crippen molar-refractivity contribution in [2.45, 2.75) is 17.9 Å². The molecule has 2 aromatic carbocycles. The highest BCUT2D eigenvalue weighted by atomic mass is 32.2. The number of rotatable bonds is 2. The van der Waals surface area contributed by atoms with Crippen molar-refractivity contribution >= 4 is 17.4 Å². The van der Waals surface area contributed by atoms with Crippen LogP contribution in [-0.4, -0.2) is 5.75 Å². The summed E-state index contributed by atoms with van der Waals surface area (Å²) in [5, 5.41) is 12.3. The van der Waals surface area contributed by atoms with Crippen LogP contribution in [0, 0.1) is 24.1 Å². The number of hydrogen-bond acceptors (Lipinski definition) is 3. The smallest absolute Gasteiger partial charge is 0.129 e. The Kier molecular flexibility index (Phi) is 3.37. The van der Waals surface area contributed by atoms with Gasteiger partial charge in [0.2, 0.25) is 0 Å². The zero-order valence-electron chi connectivity index (χ0n) is 11.0. The molecule has 0 bridgehead atoms. The number of nitrogens with zero attached hydrogens (tertiary/aromatic N) is 1. The van der Waals surface area contributed by atoms with Crippen molar-refractivity contribution < 1.29 is 4.39 Å². The van der Waals surface area contributed by atoms with Crippen molar-refractivity contribution in [3.8, 4) is 6.07 Å². The van der Waals surface area contributed by atoms with Crippen LogP contribution >= 0.6 is 11.8 Å². The topological polar surface area (TPSA) is 35.8 Å². The summed E-state index contributed by atoms with van der Waals surface area (Å²) in [5.74, 6) is 0.572. The molecule has 0 radical (unpaired) electrons. The number of nitriles is 1. The summed E-state index contributed by atoms with van der Waals surface area (Å²) in [7, 11) is 0. The van der Waals surface area contributed by atoms with E-state index in [1.54, 1.807) is 24.8 Å². The zero-order valence-corrected chi connectivity index (χ0v) is 11.8. The van der Waals surface area contributed by atoms with E-state index in [1.807, 2.05) is 18.2 Å². The first-order chi connectivity index (χ1) is 9.69. The van der Waals surface area contributed by atoms with Crippen molar-refractivity contribution in [1.29, 1.82) is 5.26 Å². The van der Waals surface area contributed by atoms with Crippen molar-refractivity contribution in [1.82, 2.24) is 0 Å². The van der Waals surface area contributed by atoms with Gasteiger partial charge in [0.15, 0.2) is 0 Å². The van der Waals surface area contributed by atoms with Crippen LogP contribution in [0.3, 0.4) is 0 Å². The van der Waals surface area contributed by atoms with Crippen molar-refractivity contribution in [2.24, 2.45) is 0 Å². The Morgan fingerprint density at radius 2 is 2.15 bits per heavy atom. The summed E-state index contributed by atoms with van der Waals surface area (Å²) in [6.45, 7) is 1.73. The SMILES string of the molecule is Cc1c(F)cc(C#N)cc1NC1CSc2ccccc21. The Morgan fingerprint density at radius 1 is 1.35 bits per heavy atom. The van der Waals surface area contributed by atoms with E-state index in [-0.39, 0.29) is 11.9 Å². The summed E-state index contributed by atoms with van der Waals surface area (Å²) in [5.41, 5.74) is 2.83. The number of halogens is 1. The number of benzene rings is 2. The van der Waals surface area contributed by atoms with Crippen LogP contribution in [0.15, 0.2) is 41.3 Å². The highest BCUT2D eigenvalue weighted by Gasteiger charge is 2.23. The number of hydrogen-bond donors (Lipinski definition) is 1. The fourth-order valence-corrected chi connectivity index (χ4v) is 3.52. The van der Waals surface area contributed by atoms with E-state index in [0.29, 0.717) is 16.8 Å². The summed E-state index contributed by atoms with van der Waals surface area (Å²) < 4.78 is 13.8. The fraction of sp³-hybridized carbons (Fsp3) is 0.188. The van der Waals surface area contributed by atoms with E-state index in [2.05, 4.69) is 17.4 Å². The molecule has 1 atom stereocenters. The van der Waals surface area contributed by atoms with Crippen LogP contribution in [0.4, 0.5) is 10.1 Å². The number of nitrogens with one attached hydrogen (secondary N) is 1. The summed E-state index contributed by atoms with van der Waals surface area (Å²) in [6.07, 6.45) is 0. The minimum atomic E-state index is -0.342. The maximum atomic E-state index is 13.8. The maximum absolute atomic E-state index is 13.8. The Balaban J connectivity index is 1.94. The molecule has 0 aliphatic carbocycles. The maximum Gasteiger partial charge on any atom is 0.129 e. The number of thioether (sulfide) groups is 1. The molecule has 0 spiro atoms. The second-order valence-corrected chi connectivity index (χ2v) is 5.85. The van der Waals surface area contributed by atoms with Gasteiger partial charge in [-0.1, -0.05) is 18.2 Å². The van der Waals surface area contributed by atoms with Gasteiger partial charge in [-0.15, -0.1) is 11.8 Å². The summed E-state index contributed by atoms with van der Waals surface area (Å²) in [6, 6.07) is 13.4. The molecule has 0 aromatic heterocycles. The lowest BCUT2D eigenvalue weighted by atomic mass is 10.1. The van der Waals surface area contributed by atoms with Gasteiger partial charge in [0, 0.05) is 21.9 Å². The molecule has 1 aliphatic heterocycles. The van der Waals surface area contributed by atoms with E-state index in [1.165, 1.54) is 16.5 Å². The normalized spacial score (nSPS) is 16.6. The second kappa shape index (κ2) is 5.18. The first-order valence-electron chi connectivity index (χ1n) is 6.37. The minimum Gasteiger partial charge on any atom is -0.377 e. The van der Waals surface area contributed by atoms with E-state index < -0.39 is 0 Å². The molecule has 100 valence electrons. The van der Waals surface area contributed by atoms with Gasteiger partial charge in [0.1, 0.15) is 5.82 Å². The van der Waals surface area contributed by atoms with Crippen molar-refractivity contribution in [3.63, 3.8) is 0 Å². The van der Waals surface area contributed by atoms with Gasteiger partial charge >= 0.3 is 0 Å². The van der Waals surface area contributed by atoms with Gasteiger partial charge in [-0.3, -0.25) is 0 Å². The van der Waals surface area contributed by atoms with Gasteiger partial charge in [-0.05, 0) is 30.7 Å². The van der Waals surface area contributed by atoms with Gasteiger partial charge in [-0.2, -0.15) is 5.26 Å². The average Bonchev–Trinajstić information content (AvgIpc) is 2.87. The molecule has 1 aliphatic rings. The van der Waals surface area contributed by atoms with Crippen LogP contribution in [0.1, 0.15) is 22.7 Å². The zero-order chi connectivity index (χ0) is 14.1. The number of fused-ring (bicyclic) bond motifs is 1. The first kappa shape index (κ1) is 13.0. The Bertz CT molecular complexity index is 706. The van der Waals surface area contributed by atoms with Crippen molar-refractivity contribution in [3.05, 3.63) is 58.9 Å². The molecule has 1 N–H and O–H groups in total. The molecule has 2 nitrogen and oxygen atoms in total. The molecular formula is C16H13FN2S. The predicted octanol–water partition coefficient (Wildman–Crippen LogP) is 4.26. The molecule has 3 rings (SSSR count). The van der Waals surface area contributed by atoms with E-state index in [9.17, 15) is 4.39 Å². The Hall–Kier alpha value is -1.99. The van der Waals surface area contributed by atoms with E-state index in [0.717, 1.165) is 5.75 Å². The largest absolute Gasteiger partial charge is 0.377 e. The Labute approximate surface area is 121 Å². The second-order valence-electron chi connectivity index (χ2n) is 4.79. The molecule has 1 unspecified atom stereocenters. The van der Waals surface area contributed by atoms with Crippen LogP contribution in [0.25, 0.3) is 0 Å². The number of anilines is 1. The lowest BCUT2D eigenvalue weighted by Gasteiger charge is -2.17. The van der Waals surface area contributed by atoms with E-state index in [4.69, 9.17) is 5.26 Å². The molecule has 20 heavy (non-hydrogen) atoms. The third-order valence-electron chi connectivity index (χ3n) is 3.50. The minimum absolute atomic E-state index is 0.156. The third kappa shape index (κ3) is 2.25. The highest BCUT2D eigenvalue weighted by Crippen LogP contribution is 2.40. The average molecular weight is 284 g/mol. The van der Waals surface area contributed by atoms with Crippen LogP contribution in [0.5, 0.6) is 0 Å². The predicted molar refractivity (Wildman–Crippen MR) is 79.4 cm³/mol. The van der Waals surface area contributed by atoms with E-state index >= 15 is 0 Å². The highest BCUT2D eigenvalue weighted by molar-refractivity contribution is 7.99.